The second-order valence-corrected chi connectivity index (χ2v) is 6.74. The highest BCUT2D eigenvalue weighted by Crippen LogP contribution is 2.18. The first-order chi connectivity index (χ1) is 12.4. The van der Waals surface area contributed by atoms with E-state index in [4.69, 9.17) is 14.5 Å². The van der Waals surface area contributed by atoms with Crippen molar-refractivity contribution in [2.45, 2.75) is 45.3 Å². The quantitative estimate of drug-likeness (QED) is 0.469. The van der Waals surface area contributed by atoms with Gasteiger partial charge in [-0.05, 0) is 43.7 Å². The van der Waals surface area contributed by atoms with Gasteiger partial charge in [-0.25, -0.2) is 0 Å². The summed E-state index contributed by atoms with van der Waals surface area (Å²) in [5, 5.41) is 3.43. The van der Waals surface area contributed by atoms with Crippen molar-refractivity contribution in [3.63, 3.8) is 0 Å². The fourth-order valence-electron chi connectivity index (χ4n) is 3.44. The molecule has 0 saturated carbocycles. The molecule has 1 fully saturated rings. The van der Waals surface area contributed by atoms with E-state index in [1.807, 2.05) is 0 Å². The van der Waals surface area contributed by atoms with Gasteiger partial charge >= 0.3 is 0 Å². The first-order valence-electron chi connectivity index (χ1n) is 9.66. The van der Waals surface area contributed by atoms with E-state index in [1.54, 1.807) is 0 Å². The molecule has 5 heteroatoms. The van der Waals surface area contributed by atoms with Crippen LogP contribution < -0.4 is 5.32 Å². The van der Waals surface area contributed by atoms with E-state index in [1.165, 1.54) is 17.5 Å². The monoisotopic (exact) mass is 345 g/mol. The van der Waals surface area contributed by atoms with Crippen molar-refractivity contribution in [2.75, 3.05) is 39.5 Å². The highest BCUT2D eigenvalue weighted by molar-refractivity contribution is 5.80. The van der Waals surface area contributed by atoms with E-state index in [2.05, 4.69) is 41.4 Å². The van der Waals surface area contributed by atoms with Gasteiger partial charge in [-0.3, -0.25) is 4.99 Å². The predicted molar refractivity (Wildman–Crippen MR) is 101 cm³/mol. The molecule has 2 heterocycles. The molecule has 0 aliphatic carbocycles. The van der Waals surface area contributed by atoms with Gasteiger partial charge in [-0.2, -0.15) is 0 Å². The molecule has 5 nitrogen and oxygen atoms in total. The van der Waals surface area contributed by atoms with Crippen LogP contribution in [0.2, 0.25) is 0 Å². The summed E-state index contributed by atoms with van der Waals surface area (Å²) in [6.45, 7) is 8.16. The van der Waals surface area contributed by atoms with Crippen molar-refractivity contribution < 1.29 is 9.47 Å². The zero-order valence-corrected chi connectivity index (χ0v) is 15.4. The topological polar surface area (TPSA) is 46.1 Å². The molecule has 1 atom stereocenters. The molecule has 3 rings (SSSR count). The molecule has 1 saturated heterocycles. The van der Waals surface area contributed by atoms with E-state index in [-0.39, 0.29) is 0 Å². The molecule has 25 heavy (non-hydrogen) atoms. The fraction of sp³-hybridized carbons (Fsp3) is 0.650. The molecular weight excluding hydrogens is 314 g/mol. The third kappa shape index (κ3) is 5.44. The van der Waals surface area contributed by atoms with Crippen molar-refractivity contribution in [1.29, 1.82) is 0 Å². The Morgan fingerprint density at radius 2 is 2.24 bits per heavy atom. The normalized spacial score (nSPS) is 20.6. The number of hydrogen-bond acceptors (Lipinski definition) is 3. The summed E-state index contributed by atoms with van der Waals surface area (Å²) in [4.78, 5) is 7.16. The second kappa shape index (κ2) is 9.78. The van der Waals surface area contributed by atoms with E-state index in [0.29, 0.717) is 6.10 Å². The lowest BCUT2D eigenvalue weighted by atomic mass is 10.0. The zero-order chi connectivity index (χ0) is 17.3. The van der Waals surface area contributed by atoms with E-state index in [0.717, 1.165) is 71.2 Å². The Hall–Kier alpha value is -1.59. The minimum atomic E-state index is 0.314. The van der Waals surface area contributed by atoms with Crippen LogP contribution in [0.5, 0.6) is 0 Å². The molecule has 2 aliphatic rings. The molecule has 0 spiro atoms. The summed E-state index contributed by atoms with van der Waals surface area (Å²) in [7, 11) is 0. The maximum Gasteiger partial charge on any atom is 0.194 e. The first-order valence-corrected chi connectivity index (χ1v) is 9.66. The van der Waals surface area contributed by atoms with Crippen molar-refractivity contribution in [2.24, 2.45) is 4.99 Å². The second-order valence-electron chi connectivity index (χ2n) is 6.74. The number of benzene rings is 1. The Balaban J connectivity index is 1.43. The predicted octanol–water partition coefficient (Wildman–Crippen LogP) is 2.60. The minimum absolute atomic E-state index is 0.314. The number of rotatable bonds is 7. The Bertz CT molecular complexity index is 556. The molecule has 1 aromatic rings. The highest BCUT2D eigenvalue weighted by atomic mass is 16.5. The molecule has 1 unspecified atom stereocenters. The van der Waals surface area contributed by atoms with Crippen molar-refractivity contribution in [3.8, 4) is 0 Å². The van der Waals surface area contributed by atoms with Gasteiger partial charge in [-0.15, -0.1) is 0 Å². The van der Waals surface area contributed by atoms with Gasteiger partial charge in [0.25, 0.3) is 0 Å². The SMILES string of the molecule is CCNC(=NCCCOCC1CCCO1)N1CCc2ccccc2C1. The summed E-state index contributed by atoms with van der Waals surface area (Å²) in [6.07, 6.45) is 4.66. The molecule has 1 N–H and O–H groups in total. The molecule has 2 aliphatic heterocycles. The average Bonchev–Trinajstić information content (AvgIpc) is 3.16. The third-order valence-corrected chi connectivity index (χ3v) is 4.80. The average molecular weight is 345 g/mol. The molecule has 0 amide bonds. The number of aliphatic imine (C=N–C) groups is 1. The number of guanidine groups is 1. The number of fused-ring (bicyclic) bond motifs is 1. The zero-order valence-electron chi connectivity index (χ0n) is 15.4. The lowest BCUT2D eigenvalue weighted by Gasteiger charge is -2.31. The summed E-state index contributed by atoms with van der Waals surface area (Å²) >= 11 is 0. The Morgan fingerprint density at radius 3 is 3.04 bits per heavy atom. The van der Waals surface area contributed by atoms with Crippen LogP contribution in [0.4, 0.5) is 0 Å². The molecule has 1 aromatic carbocycles. The molecular formula is C20H31N3O2. The van der Waals surface area contributed by atoms with Gasteiger partial charge in [0.15, 0.2) is 5.96 Å². The number of nitrogens with one attached hydrogen (secondary N) is 1. The molecule has 0 bridgehead atoms. The van der Waals surface area contributed by atoms with Crippen LogP contribution in [-0.2, 0) is 22.4 Å². The largest absolute Gasteiger partial charge is 0.379 e. The Kier molecular flexibility index (Phi) is 7.12. The minimum Gasteiger partial charge on any atom is -0.379 e. The lowest BCUT2D eigenvalue weighted by molar-refractivity contribution is 0.0170. The summed E-state index contributed by atoms with van der Waals surface area (Å²) < 4.78 is 11.3. The summed E-state index contributed by atoms with van der Waals surface area (Å²) in [5.41, 5.74) is 2.89. The standard InChI is InChI=1S/C20H31N3O2/c1-2-21-20(22-11-6-13-24-16-19-9-5-14-25-19)23-12-10-17-7-3-4-8-18(17)15-23/h3-4,7-8,19H,2,5-6,9-16H2,1H3,(H,21,22). The van der Waals surface area contributed by atoms with Gasteiger partial charge in [0.05, 0.1) is 12.7 Å². The lowest BCUT2D eigenvalue weighted by Crippen LogP contribution is -2.44. The van der Waals surface area contributed by atoms with Gasteiger partial charge in [0, 0.05) is 39.4 Å². The van der Waals surface area contributed by atoms with Crippen molar-refractivity contribution in [3.05, 3.63) is 35.4 Å². The van der Waals surface area contributed by atoms with Crippen LogP contribution in [0.3, 0.4) is 0 Å². The van der Waals surface area contributed by atoms with Crippen LogP contribution >= 0.6 is 0 Å². The maximum atomic E-state index is 5.72. The summed E-state index contributed by atoms with van der Waals surface area (Å²) in [6, 6.07) is 8.72. The molecule has 0 aromatic heterocycles. The highest BCUT2D eigenvalue weighted by Gasteiger charge is 2.18. The smallest absolute Gasteiger partial charge is 0.194 e. The van der Waals surface area contributed by atoms with Crippen LogP contribution in [0, 0.1) is 0 Å². The van der Waals surface area contributed by atoms with Gasteiger partial charge < -0.3 is 19.7 Å². The van der Waals surface area contributed by atoms with Gasteiger partial charge in [0.2, 0.25) is 0 Å². The van der Waals surface area contributed by atoms with Crippen LogP contribution in [0.15, 0.2) is 29.3 Å². The van der Waals surface area contributed by atoms with Crippen molar-refractivity contribution >= 4 is 5.96 Å². The number of nitrogens with zero attached hydrogens (tertiary/aromatic N) is 2. The maximum absolute atomic E-state index is 5.72. The van der Waals surface area contributed by atoms with Crippen LogP contribution in [0.1, 0.15) is 37.3 Å². The Morgan fingerprint density at radius 1 is 1.36 bits per heavy atom. The van der Waals surface area contributed by atoms with Gasteiger partial charge in [-0.1, -0.05) is 24.3 Å². The first kappa shape index (κ1) is 18.2. The van der Waals surface area contributed by atoms with Crippen LogP contribution in [-0.4, -0.2) is 56.4 Å². The number of hydrogen-bond donors (Lipinski definition) is 1. The van der Waals surface area contributed by atoms with E-state index < -0.39 is 0 Å². The van der Waals surface area contributed by atoms with E-state index in [9.17, 15) is 0 Å². The van der Waals surface area contributed by atoms with E-state index >= 15 is 0 Å². The molecule has 138 valence electrons. The van der Waals surface area contributed by atoms with Gasteiger partial charge in [0.1, 0.15) is 0 Å². The van der Waals surface area contributed by atoms with Crippen LogP contribution in [0.25, 0.3) is 0 Å². The third-order valence-electron chi connectivity index (χ3n) is 4.80. The Labute approximate surface area is 151 Å². The van der Waals surface area contributed by atoms with Crippen molar-refractivity contribution in [1.82, 2.24) is 10.2 Å². The summed E-state index contributed by atoms with van der Waals surface area (Å²) in [5.74, 6) is 1.02. The number of ether oxygens (including phenoxy) is 2. The fourth-order valence-corrected chi connectivity index (χ4v) is 3.44. The molecule has 0 radical (unpaired) electrons.